The van der Waals surface area contributed by atoms with E-state index in [-0.39, 0.29) is 0 Å². The molecule has 1 saturated carbocycles. The molecule has 1 aromatic rings. The molecule has 1 nitrogen and oxygen atoms in total. The van der Waals surface area contributed by atoms with Gasteiger partial charge in [-0.3, -0.25) is 4.90 Å². The maximum atomic E-state index is 2.77. The van der Waals surface area contributed by atoms with Gasteiger partial charge in [0.25, 0.3) is 0 Å². The van der Waals surface area contributed by atoms with Gasteiger partial charge in [-0.25, -0.2) is 0 Å². The lowest BCUT2D eigenvalue weighted by Crippen LogP contribution is -2.54. The summed E-state index contributed by atoms with van der Waals surface area (Å²) in [5.41, 5.74) is 1.56. The van der Waals surface area contributed by atoms with E-state index < -0.39 is 0 Å². The molecule has 3 heterocycles. The fraction of sp³-hybridized carbons (Fsp3) is 0.600. The first-order valence-corrected chi connectivity index (χ1v) is 6.69. The normalized spacial score (nSPS) is 44.9. The van der Waals surface area contributed by atoms with Crippen LogP contribution in [0.3, 0.4) is 0 Å². The maximum absolute atomic E-state index is 2.77. The van der Waals surface area contributed by atoms with E-state index in [1.807, 2.05) is 0 Å². The zero-order valence-corrected chi connectivity index (χ0v) is 9.68. The molecule has 84 valence electrons. The fourth-order valence-corrected chi connectivity index (χ4v) is 4.57. The van der Waals surface area contributed by atoms with Crippen LogP contribution in [0, 0.1) is 17.8 Å². The van der Waals surface area contributed by atoms with E-state index in [0.29, 0.717) is 0 Å². The second-order valence-corrected chi connectivity index (χ2v) is 6.01. The Morgan fingerprint density at radius 2 is 1.56 bits per heavy atom. The highest BCUT2D eigenvalue weighted by Crippen LogP contribution is 2.52. The van der Waals surface area contributed by atoms with E-state index in [1.54, 1.807) is 5.56 Å². The Morgan fingerprint density at radius 1 is 0.875 bits per heavy atom. The Bertz CT molecular complexity index is 356. The van der Waals surface area contributed by atoms with Crippen LogP contribution in [-0.4, -0.2) is 18.0 Å². The number of nitrogens with zero attached hydrogens (tertiary/aromatic N) is 1. The Hall–Kier alpha value is -0.820. The van der Waals surface area contributed by atoms with E-state index in [4.69, 9.17) is 0 Å². The molecular formula is C15H19N. The number of benzene rings is 1. The summed E-state index contributed by atoms with van der Waals surface area (Å²) in [4.78, 5) is 2.77. The summed E-state index contributed by atoms with van der Waals surface area (Å²) < 4.78 is 0. The lowest BCUT2D eigenvalue weighted by molar-refractivity contribution is -0.0662. The van der Waals surface area contributed by atoms with Gasteiger partial charge in [-0.1, -0.05) is 30.3 Å². The van der Waals surface area contributed by atoms with Crippen LogP contribution in [0.5, 0.6) is 0 Å². The Labute approximate surface area is 97.5 Å². The van der Waals surface area contributed by atoms with Gasteiger partial charge >= 0.3 is 0 Å². The summed E-state index contributed by atoms with van der Waals surface area (Å²) >= 11 is 0. The van der Waals surface area contributed by atoms with Crippen LogP contribution in [0.2, 0.25) is 0 Å². The first-order valence-electron chi connectivity index (χ1n) is 6.69. The van der Waals surface area contributed by atoms with Crippen LogP contribution >= 0.6 is 0 Å². The average Bonchev–Trinajstić information content (AvgIpc) is 2.29. The molecule has 0 aromatic heterocycles. The number of hydrogen-bond donors (Lipinski definition) is 0. The minimum absolute atomic E-state index is 0.744. The number of piperidine rings is 3. The molecule has 0 radical (unpaired) electrons. The van der Waals surface area contributed by atoms with E-state index in [0.717, 1.165) is 23.8 Å². The lowest BCUT2D eigenvalue weighted by atomic mass is 9.64. The molecule has 5 rings (SSSR count). The molecule has 4 fully saturated rings. The van der Waals surface area contributed by atoms with Crippen LogP contribution in [0.1, 0.15) is 30.9 Å². The first-order chi connectivity index (χ1) is 7.90. The van der Waals surface area contributed by atoms with E-state index in [1.165, 1.54) is 32.4 Å². The quantitative estimate of drug-likeness (QED) is 0.693. The van der Waals surface area contributed by atoms with Crippen molar-refractivity contribution < 1.29 is 0 Å². The average molecular weight is 213 g/mol. The van der Waals surface area contributed by atoms with Crippen molar-refractivity contribution in [2.75, 3.05) is 13.1 Å². The van der Waals surface area contributed by atoms with Gasteiger partial charge < -0.3 is 0 Å². The smallest absolute Gasteiger partial charge is 0.0376 e. The first kappa shape index (κ1) is 9.23. The van der Waals surface area contributed by atoms with Gasteiger partial charge in [0.15, 0.2) is 0 Å². The van der Waals surface area contributed by atoms with Crippen molar-refractivity contribution in [3.8, 4) is 0 Å². The van der Waals surface area contributed by atoms with Crippen molar-refractivity contribution in [3.63, 3.8) is 0 Å². The Kier molecular flexibility index (Phi) is 1.92. The molecule has 1 aliphatic carbocycles. The van der Waals surface area contributed by atoms with Crippen LogP contribution in [-0.2, 0) is 0 Å². The molecule has 16 heavy (non-hydrogen) atoms. The molecule has 4 bridgehead atoms. The van der Waals surface area contributed by atoms with Crippen LogP contribution in [0.15, 0.2) is 30.3 Å². The van der Waals surface area contributed by atoms with Gasteiger partial charge in [-0.2, -0.15) is 0 Å². The van der Waals surface area contributed by atoms with E-state index >= 15 is 0 Å². The Morgan fingerprint density at radius 3 is 2.19 bits per heavy atom. The highest BCUT2D eigenvalue weighted by molar-refractivity contribution is 5.22. The number of hydrogen-bond acceptors (Lipinski definition) is 1. The van der Waals surface area contributed by atoms with Crippen LogP contribution < -0.4 is 0 Å². The molecule has 0 amide bonds. The molecule has 3 aliphatic heterocycles. The molecule has 1 aromatic carbocycles. The van der Waals surface area contributed by atoms with Crippen molar-refractivity contribution in [1.29, 1.82) is 0 Å². The third kappa shape index (κ3) is 1.27. The third-order valence-corrected chi connectivity index (χ3v) is 4.91. The molecule has 0 N–H and O–H groups in total. The predicted molar refractivity (Wildman–Crippen MR) is 65.1 cm³/mol. The van der Waals surface area contributed by atoms with Gasteiger partial charge in [0.1, 0.15) is 0 Å². The van der Waals surface area contributed by atoms with E-state index in [9.17, 15) is 0 Å². The molecule has 4 aliphatic rings. The van der Waals surface area contributed by atoms with Gasteiger partial charge in [0.2, 0.25) is 0 Å². The summed E-state index contributed by atoms with van der Waals surface area (Å²) in [7, 11) is 0. The van der Waals surface area contributed by atoms with Crippen LogP contribution in [0.4, 0.5) is 0 Å². The van der Waals surface area contributed by atoms with Crippen molar-refractivity contribution in [2.24, 2.45) is 17.8 Å². The van der Waals surface area contributed by atoms with Crippen molar-refractivity contribution in [1.82, 2.24) is 4.90 Å². The molecular weight excluding hydrogens is 194 g/mol. The zero-order chi connectivity index (χ0) is 10.5. The molecule has 3 unspecified atom stereocenters. The van der Waals surface area contributed by atoms with Crippen molar-refractivity contribution in [3.05, 3.63) is 35.9 Å². The summed E-state index contributed by atoms with van der Waals surface area (Å²) in [5, 5.41) is 0. The summed E-state index contributed by atoms with van der Waals surface area (Å²) in [5.74, 6) is 3.00. The lowest BCUT2D eigenvalue weighted by Gasteiger charge is -2.56. The zero-order valence-electron chi connectivity index (χ0n) is 9.68. The second kappa shape index (κ2) is 3.33. The minimum atomic E-state index is 0.744. The summed E-state index contributed by atoms with van der Waals surface area (Å²) in [6.45, 7) is 2.74. The largest absolute Gasteiger partial charge is 0.296 e. The molecule has 3 saturated heterocycles. The summed E-state index contributed by atoms with van der Waals surface area (Å²) in [6.07, 6.45) is 4.51. The maximum Gasteiger partial charge on any atom is 0.0376 e. The van der Waals surface area contributed by atoms with Gasteiger partial charge in [0.05, 0.1) is 0 Å². The second-order valence-electron chi connectivity index (χ2n) is 6.01. The monoisotopic (exact) mass is 213 g/mol. The highest BCUT2D eigenvalue weighted by atomic mass is 15.2. The van der Waals surface area contributed by atoms with Gasteiger partial charge in [0, 0.05) is 19.1 Å². The summed E-state index contributed by atoms with van der Waals surface area (Å²) in [6, 6.07) is 11.9. The minimum Gasteiger partial charge on any atom is -0.296 e. The predicted octanol–water partition coefficient (Wildman–Crippen LogP) is 3.09. The van der Waals surface area contributed by atoms with E-state index in [2.05, 4.69) is 35.2 Å². The molecule has 1 heteroatoms. The van der Waals surface area contributed by atoms with Crippen molar-refractivity contribution >= 4 is 0 Å². The SMILES string of the molecule is c1ccc(C2C3CC4CC(C3)CN2C4)cc1. The third-order valence-electron chi connectivity index (χ3n) is 4.91. The molecule has 3 atom stereocenters. The van der Waals surface area contributed by atoms with Crippen molar-refractivity contribution in [2.45, 2.75) is 25.3 Å². The fourth-order valence-electron chi connectivity index (χ4n) is 4.57. The Balaban J connectivity index is 1.70. The van der Waals surface area contributed by atoms with Gasteiger partial charge in [-0.15, -0.1) is 0 Å². The number of rotatable bonds is 1. The highest BCUT2D eigenvalue weighted by Gasteiger charge is 2.47. The topological polar surface area (TPSA) is 3.24 Å². The standard InChI is InChI=1S/C15H19N/c1-2-4-13(5-3-1)15-14-7-11-6-12(8-14)10-16(15)9-11/h1-5,11-12,14-15H,6-10H2. The van der Waals surface area contributed by atoms with Gasteiger partial charge in [-0.05, 0) is 42.6 Å². The molecule has 0 spiro atoms. The van der Waals surface area contributed by atoms with Crippen LogP contribution in [0.25, 0.3) is 0 Å².